The molecule has 4 nitrogen and oxygen atoms in total. The maximum absolute atomic E-state index is 12.2. The van der Waals surface area contributed by atoms with Crippen molar-refractivity contribution in [1.29, 1.82) is 0 Å². The lowest BCUT2D eigenvalue weighted by Gasteiger charge is -2.40. The van der Waals surface area contributed by atoms with Crippen LogP contribution in [0.3, 0.4) is 0 Å². The molecule has 0 saturated carbocycles. The Morgan fingerprint density at radius 1 is 1.61 bits per heavy atom. The Morgan fingerprint density at radius 3 is 2.94 bits per heavy atom. The molecule has 0 atom stereocenters. The van der Waals surface area contributed by atoms with Crippen molar-refractivity contribution >= 4 is 39.0 Å². The molecule has 0 bridgehead atoms. The maximum atomic E-state index is 12.2. The molecule has 2 rings (SSSR count). The van der Waals surface area contributed by atoms with Crippen molar-refractivity contribution in [3.63, 3.8) is 0 Å². The molecule has 0 aromatic carbocycles. The van der Waals surface area contributed by atoms with Crippen LogP contribution in [-0.2, 0) is 4.79 Å². The first-order valence-electron chi connectivity index (χ1n) is 5.72. The highest BCUT2D eigenvalue weighted by Crippen LogP contribution is 2.25. The van der Waals surface area contributed by atoms with Crippen molar-refractivity contribution in [2.24, 2.45) is 0 Å². The third kappa shape index (κ3) is 2.50. The Bertz CT molecular complexity index is 484. The van der Waals surface area contributed by atoms with E-state index in [4.69, 9.17) is 0 Å². The number of piperazine rings is 1. The van der Waals surface area contributed by atoms with Gasteiger partial charge in [0.15, 0.2) is 5.78 Å². The van der Waals surface area contributed by atoms with E-state index in [0.717, 1.165) is 9.35 Å². The van der Waals surface area contributed by atoms with E-state index in [1.54, 1.807) is 0 Å². The second-order valence-corrected chi connectivity index (χ2v) is 6.53. The van der Waals surface area contributed by atoms with Gasteiger partial charge in [-0.3, -0.25) is 14.5 Å². The van der Waals surface area contributed by atoms with Gasteiger partial charge in [-0.15, -0.1) is 11.3 Å². The highest BCUT2D eigenvalue weighted by atomic mass is 79.9. The number of rotatable bonds is 3. The lowest BCUT2D eigenvalue weighted by Crippen LogP contribution is -2.62. The van der Waals surface area contributed by atoms with Gasteiger partial charge in [-0.05, 0) is 41.2 Å². The first-order valence-corrected chi connectivity index (χ1v) is 7.39. The summed E-state index contributed by atoms with van der Waals surface area (Å²) >= 11 is 4.79. The van der Waals surface area contributed by atoms with Crippen LogP contribution in [0.1, 0.15) is 23.5 Å². The topological polar surface area (TPSA) is 49.4 Å². The zero-order valence-electron chi connectivity index (χ0n) is 10.3. The average molecular weight is 331 g/mol. The number of amides is 1. The van der Waals surface area contributed by atoms with Crippen molar-refractivity contribution in [1.82, 2.24) is 10.2 Å². The molecular weight excluding hydrogens is 316 g/mol. The molecule has 1 aliphatic rings. The van der Waals surface area contributed by atoms with E-state index >= 15 is 0 Å². The predicted octanol–water partition coefficient (Wildman–Crippen LogP) is 1.90. The normalized spacial score (nSPS) is 19.6. The molecule has 1 N–H and O–H groups in total. The molecule has 1 aromatic heterocycles. The lowest BCUT2D eigenvalue weighted by molar-refractivity contribution is -0.134. The van der Waals surface area contributed by atoms with E-state index in [2.05, 4.69) is 21.2 Å². The van der Waals surface area contributed by atoms with Crippen LogP contribution in [-0.4, -0.2) is 41.8 Å². The highest BCUT2D eigenvalue weighted by Gasteiger charge is 2.38. The van der Waals surface area contributed by atoms with Crippen LogP contribution in [0.2, 0.25) is 0 Å². The molecular formula is C12H15BrN2O2S. The number of Topliss-reactive ketones (excluding diaryl/α,β-unsaturated/α-hetero) is 1. The number of halogens is 1. The summed E-state index contributed by atoms with van der Waals surface area (Å²) in [4.78, 5) is 26.6. The number of hydrogen-bond acceptors (Lipinski definition) is 4. The number of nitrogens with one attached hydrogen (secondary N) is 1. The summed E-state index contributed by atoms with van der Waals surface area (Å²) in [7, 11) is 0. The Labute approximate surface area is 118 Å². The van der Waals surface area contributed by atoms with Crippen molar-refractivity contribution in [2.75, 3.05) is 19.6 Å². The minimum Gasteiger partial charge on any atom is -0.353 e. The first-order chi connectivity index (χ1) is 8.43. The fraction of sp³-hybridized carbons (Fsp3) is 0.500. The zero-order valence-corrected chi connectivity index (χ0v) is 12.7. The number of carbonyl (C=O) groups is 2. The molecule has 1 aliphatic heterocycles. The largest absolute Gasteiger partial charge is 0.353 e. The van der Waals surface area contributed by atoms with Gasteiger partial charge in [0.1, 0.15) is 0 Å². The number of nitrogens with zero attached hydrogens (tertiary/aromatic N) is 1. The molecule has 1 amide bonds. The predicted molar refractivity (Wildman–Crippen MR) is 75.0 cm³/mol. The van der Waals surface area contributed by atoms with Crippen LogP contribution in [0, 0.1) is 0 Å². The van der Waals surface area contributed by atoms with Crippen LogP contribution >= 0.6 is 27.3 Å². The quantitative estimate of drug-likeness (QED) is 0.861. The van der Waals surface area contributed by atoms with Crippen molar-refractivity contribution in [3.05, 3.63) is 20.8 Å². The molecule has 98 valence electrons. The minimum atomic E-state index is -0.627. The number of thiophene rings is 1. The fourth-order valence-corrected chi connectivity index (χ4v) is 3.48. The highest BCUT2D eigenvalue weighted by molar-refractivity contribution is 9.10. The summed E-state index contributed by atoms with van der Waals surface area (Å²) in [5, 5.41) is 4.70. The Hall–Kier alpha value is -0.720. The van der Waals surface area contributed by atoms with Crippen molar-refractivity contribution < 1.29 is 9.59 Å². The molecule has 1 aromatic rings. The van der Waals surface area contributed by atoms with Gasteiger partial charge >= 0.3 is 0 Å². The van der Waals surface area contributed by atoms with E-state index in [0.29, 0.717) is 13.1 Å². The standard InChI is InChI=1S/C12H15BrN2O2S/c1-12(2)11(17)14-4-5-15(12)7-9(16)10-8(13)3-6-18-10/h3,6H,4-5,7H2,1-2H3,(H,14,17). The zero-order chi connectivity index (χ0) is 13.3. The van der Waals surface area contributed by atoms with Crippen molar-refractivity contribution in [3.8, 4) is 0 Å². The Balaban J connectivity index is 2.12. The van der Waals surface area contributed by atoms with Crippen LogP contribution < -0.4 is 5.32 Å². The minimum absolute atomic E-state index is 0.0215. The molecule has 1 fully saturated rings. The van der Waals surface area contributed by atoms with Crippen LogP contribution in [0.5, 0.6) is 0 Å². The third-order valence-electron chi connectivity index (χ3n) is 3.22. The Morgan fingerprint density at radius 2 is 2.33 bits per heavy atom. The number of hydrogen-bond donors (Lipinski definition) is 1. The molecule has 1 saturated heterocycles. The lowest BCUT2D eigenvalue weighted by atomic mass is 9.98. The van der Waals surface area contributed by atoms with Gasteiger partial charge in [0, 0.05) is 17.6 Å². The summed E-state index contributed by atoms with van der Waals surface area (Å²) in [6.45, 7) is 5.27. The smallest absolute Gasteiger partial charge is 0.240 e. The Kier molecular flexibility index (Phi) is 3.89. The average Bonchev–Trinajstić information content (AvgIpc) is 2.72. The SMILES string of the molecule is CC1(C)C(=O)NCCN1CC(=O)c1sccc1Br. The van der Waals surface area contributed by atoms with Gasteiger partial charge in [0.05, 0.1) is 17.0 Å². The van der Waals surface area contributed by atoms with E-state index in [9.17, 15) is 9.59 Å². The molecule has 0 unspecified atom stereocenters. The summed E-state index contributed by atoms with van der Waals surface area (Å²) in [5.74, 6) is 0.0337. The van der Waals surface area contributed by atoms with Gasteiger partial charge in [0.2, 0.25) is 5.91 Å². The van der Waals surface area contributed by atoms with Crippen LogP contribution in [0.4, 0.5) is 0 Å². The second kappa shape index (κ2) is 5.11. The number of carbonyl (C=O) groups excluding carboxylic acids is 2. The molecule has 0 aliphatic carbocycles. The maximum Gasteiger partial charge on any atom is 0.240 e. The van der Waals surface area contributed by atoms with Gasteiger partial charge in [-0.1, -0.05) is 0 Å². The third-order valence-corrected chi connectivity index (χ3v) is 5.10. The van der Waals surface area contributed by atoms with Crippen molar-refractivity contribution in [2.45, 2.75) is 19.4 Å². The van der Waals surface area contributed by atoms with Gasteiger partial charge in [0.25, 0.3) is 0 Å². The molecule has 0 radical (unpaired) electrons. The molecule has 0 spiro atoms. The molecule has 6 heteroatoms. The van der Waals surface area contributed by atoms with E-state index in [-0.39, 0.29) is 18.2 Å². The molecule has 18 heavy (non-hydrogen) atoms. The van der Waals surface area contributed by atoms with Gasteiger partial charge < -0.3 is 5.32 Å². The second-order valence-electron chi connectivity index (χ2n) is 4.76. The first kappa shape index (κ1) is 13.7. The van der Waals surface area contributed by atoms with E-state index < -0.39 is 5.54 Å². The monoisotopic (exact) mass is 330 g/mol. The van der Waals surface area contributed by atoms with Crippen LogP contribution in [0.15, 0.2) is 15.9 Å². The van der Waals surface area contributed by atoms with E-state index in [1.807, 2.05) is 30.2 Å². The molecule has 2 heterocycles. The summed E-state index contributed by atoms with van der Waals surface area (Å²) in [6.07, 6.45) is 0. The number of ketones is 1. The van der Waals surface area contributed by atoms with Crippen LogP contribution in [0.25, 0.3) is 0 Å². The van der Waals surface area contributed by atoms with E-state index in [1.165, 1.54) is 11.3 Å². The summed E-state index contributed by atoms with van der Waals surface area (Å²) < 4.78 is 0.830. The summed E-state index contributed by atoms with van der Waals surface area (Å²) in [6, 6.07) is 1.87. The fourth-order valence-electron chi connectivity index (χ4n) is 1.96. The van der Waals surface area contributed by atoms with Gasteiger partial charge in [-0.2, -0.15) is 0 Å². The summed E-state index contributed by atoms with van der Waals surface area (Å²) in [5.41, 5.74) is -0.627. The van der Waals surface area contributed by atoms with Gasteiger partial charge in [-0.25, -0.2) is 0 Å².